The summed E-state index contributed by atoms with van der Waals surface area (Å²) in [6, 6.07) is 7.34. The topological polar surface area (TPSA) is 111 Å². The lowest BCUT2D eigenvalue weighted by atomic mass is 10.0. The molecular weight excluding hydrogens is 338 g/mol. The van der Waals surface area contributed by atoms with Gasteiger partial charge in [-0.1, -0.05) is 6.07 Å². The lowest BCUT2D eigenvalue weighted by Gasteiger charge is -2.30. The average molecular weight is 364 g/mol. The minimum Gasteiger partial charge on any atom is -0.494 e. The highest BCUT2D eigenvalue weighted by molar-refractivity contribution is 5.85. The molecule has 0 saturated carbocycles. The average Bonchev–Trinajstić information content (AvgIpc) is 2.57. The van der Waals surface area contributed by atoms with Gasteiger partial charge in [0.1, 0.15) is 24.1 Å². The SMILES string of the molecule is Cl.OC[C@@H](O)[C@H]1OCCCCOc2cccc(c2)NC[C@@H](O)[C@H]1O. The predicted octanol–water partition coefficient (Wildman–Crippen LogP) is 0.153. The number of nitrogens with one attached hydrogen (secondary N) is 1. The van der Waals surface area contributed by atoms with Crippen molar-refractivity contribution >= 4 is 18.1 Å². The maximum Gasteiger partial charge on any atom is 0.121 e. The van der Waals surface area contributed by atoms with E-state index in [0.717, 1.165) is 17.9 Å². The molecule has 0 aliphatic carbocycles. The van der Waals surface area contributed by atoms with E-state index in [1.165, 1.54) is 0 Å². The molecule has 0 unspecified atom stereocenters. The number of hydrogen-bond acceptors (Lipinski definition) is 7. The summed E-state index contributed by atoms with van der Waals surface area (Å²) in [6.07, 6.45) is -3.35. The van der Waals surface area contributed by atoms with Crippen LogP contribution in [-0.2, 0) is 4.74 Å². The Labute approximate surface area is 147 Å². The molecule has 0 spiro atoms. The molecule has 2 bridgehead atoms. The van der Waals surface area contributed by atoms with Crippen molar-refractivity contribution in [1.82, 2.24) is 0 Å². The number of fused-ring (bicyclic) bond motifs is 2. The van der Waals surface area contributed by atoms with Crippen LogP contribution in [0, 0.1) is 0 Å². The number of aliphatic hydroxyl groups is 4. The van der Waals surface area contributed by atoms with Crippen LogP contribution in [0.2, 0.25) is 0 Å². The normalized spacial score (nSPS) is 26.9. The van der Waals surface area contributed by atoms with Crippen molar-refractivity contribution in [3.63, 3.8) is 0 Å². The summed E-state index contributed by atoms with van der Waals surface area (Å²) in [5.74, 6) is 0.733. The van der Waals surface area contributed by atoms with Crippen LogP contribution in [0.4, 0.5) is 5.69 Å². The van der Waals surface area contributed by atoms with Crippen molar-refractivity contribution < 1.29 is 29.9 Å². The molecular formula is C16H26ClNO6. The third kappa shape index (κ3) is 6.08. The summed E-state index contributed by atoms with van der Waals surface area (Å²) in [4.78, 5) is 0. The first kappa shape index (κ1) is 21.0. The van der Waals surface area contributed by atoms with E-state index in [4.69, 9.17) is 14.6 Å². The van der Waals surface area contributed by atoms with Crippen molar-refractivity contribution in [3.05, 3.63) is 24.3 Å². The summed E-state index contributed by atoms with van der Waals surface area (Å²) in [5, 5.41) is 42.2. The first-order valence-corrected chi connectivity index (χ1v) is 7.85. The van der Waals surface area contributed by atoms with Gasteiger partial charge in [0, 0.05) is 24.9 Å². The van der Waals surface area contributed by atoms with Crippen LogP contribution in [-0.4, -0.2) is 71.2 Å². The Morgan fingerprint density at radius 3 is 2.71 bits per heavy atom. The van der Waals surface area contributed by atoms with Crippen molar-refractivity contribution in [1.29, 1.82) is 0 Å². The quantitative estimate of drug-likeness (QED) is 0.508. The highest BCUT2D eigenvalue weighted by atomic mass is 35.5. The van der Waals surface area contributed by atoms with Gasteiger partial charge in [-0.3, -0.25) is 0 Å². The summed E-state index contributed by atoms with van der Waals surface area (Å²) in [6.45, 7) is 0.350. The molecule has 1 aliphatic heterocycles. The maximum absolute atomic E-state index is 10.2. The Kier molecular flexibility index (Phi) is 9.35. The maximum atomic E-state index is 10.2. The van der Waals surface area contributed by atoms with Crippen LogP contribution < -0.4 is 10.1 Å². The van der Waals surface area contributed by atoms with Crippen LogP contribution in [0.25, 0.3) is 0 Å². The van der Waals surface area contributed by atoms with Gasteiger partial charge in [-0.15, -0.1) is 12.4 Å². The highest BCUT2D eigenvalue weighted by Gasteiger charge is 2.32. The first-order chi connectivity index (χ1) is 11.1. The lowest BCUT2D eigenvalue weighted by Crippen LogP contribution is -2.49. The molecule has 1 aromatic carbocycles. The van der Waals surface area contributed by atoms with Gasteiger partial charge < -0.3 is 35.2 Å². The van der Waals surface area contributed by atoms with Gasteiger partial charge in [0.15, 0.2) is 0 Å². The van der Waals surface area contributed by atoms with Gasteiger partial charge in [0.2, 0.25) is 0 Å². The van der Waals surface area contributed by atoms with Gasteiger partial charge in [0.05, 0.1) is 19.3 Å². The smallest absolute Gasteiger partial charge is 0.121 e. The molecule has 8 heteroatoms. The van der Waals surface area contributed by atoms with E-state index in [9.17, 15) is 15.3 Å². The first-order valence-electron chi connectivity index (χ1n) is 7.85. The zero-order chi connectivity index (χ0) is 16.7. The zero-order valence-electron chi connectivity index (χ0n) is 13.4. The van der Waals surface area contributed by atoms with Crippen molar-refractivity contribution in [2.75, 3.05) is 31.7 Å². The molecule has 1 aromatic rings. The molecule has 0 fully saturated rings. The molecule has 24 heavy (non-hydrogen) atoms. The highest BCUT2D eigenvalue weighted by Crippen LogP contribution is 2.19. The number of β-amino-alcohol motifs (C(OH)–C–C–N with tert-alkyl or cyclic N) is 1. The Hall–Kier alpha value is -1.09. The van der Waals surface area contributed by atoms with Crippen molar-refractivity contribution in [3.8, 4) is 5.75 Å². The molecule has 2 rings (SSSR count). The van der Waals surface area contributed by atoms with E-state index < -0.39 is 31.0 Å². The number of ether oxygens (including phenoxy) is 2. The second-order valence-corrected chi connectivity index (χ2v) is 5.61. The second kappa shape index (κ2) is 10.7. The fourth-order valence-corrected chi connectivity index (χ4v) is 2.41. The van der Waals surface area contributed by atoms with Gasteiger partial charge in [0.25, 0.3) is 0 Å². The molecule has 1 heterocycles. The van der Waals surface area contributed by atoms with Crippen molar-refractivity contribution in [2.24, 2.45) is 0 Å². The number of hydrogen-bond donors (Lipinski definition) is 5. The number of benzene rings is 1. The Balaban J connectivity index is 0.00000288. The van der Waals surface area contributed by atoms with Gasteiger partial charge in [-0.25, -0.2) is 0 Å². The minimum absolute atomic E-state index is 0. The Morgan fingerprint density at radius 2 is 1.96 bits per heavy atom. The van der Waals surface area contributed by atoms with Gasteiger partial charge in [-0.2, -0.15) is 0 Å². The van der Waals surface area contributed by atoms with Crippen LogP contribution in [0.1, 0.15) is 12.8 Å². The molecule has 4 atom stereocenters. The molecule has 5 N–H and O–H groups in total. The summed E-state index contributed by atoms with van der Waals surface area (Å²) in [5.41, 5.74) is 0.756. The third-order valence-electron chi connectivity index (χ3n) is 3.76. The second-order valence-electron chi connectivity index (χ2n) is 5.61. The predicted molar refractivity (Wildman–Crippen MR) is 91.8 cm³/mol. The largest absolute Gasteiger partial charge is 0.494 e. The van der Waals surface area contributed by atoms with E-state index in [-0.39, 0.29) is 19.0 Å². The molecule has 1 aliphatic rings. The number of anilines is 1. The van der Waals surface area contributed by atoms with Crippen LogP contribution >= 0.6 is 12.4 Å². The number of halogens is 1. The fraction of sp³-hybridized carbons (Fsp3) is 0.625. The lowest BCUT2D eigenvalue weighted by molar-refractivity contribution is -0.140. The van der Waals surface area contributed by atoms with E-state index in [1.807, 2.05) is 24.3 Å². The number of aliphatic hydroxyl groups excluding tert-OH is 4. The Morgan fingerprint density at radius 1 is 1.21 bits per heavy atom. The van der Waals surface area contributed by atoms with E-state index in [0.29, 0.717) is 19.6 Å². The summed E-state index contributed by atoms with van der Waals surface area (Å²) >= 11 is 0. The summed E-state index contributed by atoms with van der Waals surface area (Å²) in [7, 11) is 0. The van der Waals surface area contributed by atoms with Gasteiger partial charge in [-0.05, 0) is 25.0 Å². The molecule has 0 radical (unpaired) electrons. The zero-order valence-corrected chi connectivity index (χ0v) is 14.2. The van der Waals surface area contributed by atoms with E-state index in [2.05, 4.69) is 5.32 Å². The molecule has 0 amide bonds. The molecule has 138 valence electrons. The third-order valence-corrected chi connectivity index (χ3v) is 3.76. The monoisotopic (exact) mass is 363 g/mol. The molecule has 7 nitrogen and oxygen atoms in total. The van der Waals surface area contributed by atoms with Crippen molar-refractivity contribution in [2.45, 2.75) is 37.3 Å². The van der Waals surface area contributed by atoms with Crippen LogP contribution in [0.3, 0.4) is 0 Å². The fourth-order valence-electron chi connectivity index (χ4n) is 2.41. The van der Waals surface area contributed by atoms with E-state index in [1.54, 1.807) is 0 Å². The summed E-state index contributed by atoms with van der Waals surface area (Å²) < 4.78 is 11.1. The molecule has 0 saturated heterocycles. The standard InChI is InChI=1S/C16H25NO6.ClH/c18-10-14(20)16-15(21)13(19)9-17-11-4-3-5-12(8-11)22-6-1-2-7-23-16;/h3-5,8,13-21H,1-2,6-7,9-10H2;1H/t13-,14-,15-,16-;/m1./s1. The Bertz CT molecular complexity index is 478. The van der Waals surface area contributed by atoms with E-state index >= 15 is 0 Å². The van der Waals surface area contributed by atoms with Crippen LogP contribution in [0.5, 0.6) is 5.75 Å². The minimum atomic E-state index is -1.31. The number of rotatable bonds is 2. The molecule has 0 aromatic heterocycles. The van der Waals surface area contributed by atoms with Crippen LogP contribution in [0.15, 0.2) is 24.3 Å². The van der Waals surface area contributed by atoms with Gasteiger partial charge >= 0.3 is 0 Å².